The number of halogens is 1. The van der Waals surface area contributed by atoms with Crippen LogP contribution in [0, 0.1) is 12.7 Å². The van der Waals surface area contributed by atoms with E-state index in [4.69, 9.17) is 4.74 Å². The van der Waals surface area contributed by atoms with Crippen molar-refractivity contribution in [1.82, 2.24) is 0 Å². The van der Waals surface area contributed by atoms with E-state index in [1.165, 1.54) is 12.1 Å². The van der Waals surface area contributed by atoms with Crippen molar-refractivity contribution >= 4 is 0 Å². The molecule has 2 aromatic carbocycles. The van der Waals surface area contributed by atoms with Gasteiger partial charge in [0.1, 0.15) is 11.6 Å². The molecule has 21 heavy (non-hydrogen) atoms. The number of aliphatic hydroxyl groups is 1. The highest BCUT2D eigenvalue weighted by Crippen LogP contribution is 2.24. The van der Waals surface area contributed by atoms with Gasteiger partial charge in [-0.2, -0.15) is 0 Å². The lowest BCUT2D eigenvalue weighted by molar-refractivity contribution is 0.176. The van der Waals surface area contributed by atoms with Gasteiger partial charge in [0.25, 0.3) is 0 Å². The second kappa shape index (κ2) is 6.72. The Balaban J connectivity index is 2.16. The molecular weight excluding hydrogens is 267 g/mol. The van der Waals surface area contributed by atoms with Gasteiger partial charge in [0.2, 0.25) is 0 Å². The van der Waals surface area contributed by atoms with E-state index in [1.807, 2.05) is 45.0 Å². The first-order chi connectivity index (χ1) is 9.95. The van der Waals surface area contributed by atoms with Crippen molar-refractivity contribution in [3.8, 4) is 5.75 Å². The van der Waals surface area contributed by atoms with Crippen LogP contribution in [-0.2, 0) is 6.42 Å². The minimum absolute atomic E-state index is 0.0860. The molecule has 0 amide bonds. The lowest BCUT2D eigenvalue weighted by Crippen LogP contribution is -2.07. The number of ether oxygens (including phenoxy) is 1. The highest BCUT2D eigenvalue weighted by Gasteiger charge is 2.12. The normalized spacial score (nSPS) is 12.5. The summed E-state index contributed by atoms with van der Waals surface area (Å²) in [5, 5.41) is 10.4. The number of hydrogen-bond acceptors (Lipinski definition) is 2. The molecule has 1 unspecified atom stereocenters. The molecule has 3 heteroatoms. The zero-order chi connectivity index (χ0) is 15.4. The molecule has 0 aromatic heterocycles. The maximum atomic E-state index is 13.3. The Kier molecular flexibility index (Phi) is 4.97. The summed E-state index contributed by atoms with van der Waals surface area (Å²) in [6.45, 7) is 5.83. The molecule has 0 bridgehead atoms. The van der Waals surface area contributed by atoms with Crippen LogP contribution in [0.15, 0.2) is 42.5 Å². The molecule has 0 aliphatic carbocycles. The van der Waals surface area contributed by atoms with Crippen LogP contribution in [0.2, 0.25) is 0 Å². The molecule has 2 nitrogen and oxygen atoms in total. The van der Waals surface area contributed by atoms with Gasteiger partial charge in [-0.25, -0.2) is 4.39 Å². The van der Waals surface area contributed by atoms with Crippen molar-refractivity contribution < 1.29 is 14.2 Å². The standard InChI is InChI=1S/C18H21FO2/c1-12(2)21-17-6-4-5-14(10-17)18(20)11-15-9-16(19)8-7-13(15)3/h4-10,12,18,20H,11H2,1-3H3. The Bertz CT molecular complexity index is 608. The van der Waals surface area contributed by atoms with Crippen LogP contribution in [0.25, 0.3) is 0 Å². The van der Waals surface area contributed by atoms with Crippen LogP contribution in [0.3, 0.4) is 0 Å². The summed E-state index contributed by atoms with van der Waals surface area (Å²) in [5.74, 6) is 0.456. The lowest BCUT2D eigenvalue weighted by atomic mass is 9.98. The lowest BCUT2D eigenvalue weighted by Gasteiger charge is -2.15. The number of aliphatic hydroxyl groups excluding tert-OH is 1. The highest BCUT2D eigenvalue weighted by molar-refractivity contribution is 5.33. The van der Waals surface area contributed by atoms with Gasteiger partial charge in [-0.05, 0) is 61.7 Å². The first-order valence-electron chi connectivity index (χ1n) is 7.15. The first-order valence-corrected chi connectivity index (χ1v) is 7.15. The average molecular weight is 288 g/mol. The van der Waals surface area contributed by atoms with Crippen molar-refractivity contribution in [3.63, 3.8) is 0 Å². The van der Waals surface area contributed by atoms with E-state index in [2.05, 4.69) is 0 Å². The van der Waals surface area contributed by atoms with E-state index >= 15 is 0 Å². The van der Waals surface area contributed by atoms with Crippen LogP contribution < -0.4 is 4.74 Å². The Morgan fingerprint density at radius 3 is 2.62 bits per heavy atom. The van der Waals surface area contributed by atoms with Crippen molar-refractivity contribution in [2.45, 2.75) is 39.4 Å². The van der Waals surface area contributed by atoms with E-state index < -0.39 is 6.10 Å². The van der Waals surface area contributed by atoms with Gasteiger partial charge in [-0.3, -0.25) is 0 Å². The first kappa shape index (κ1) is 15.5. The topological polar surface area (TPSA) is 29.5 Å². The van der Waals surface area contributed by atoms with Gasteiger partial charge < -0.3 is 9.84 Å². The van der Waals surface area contributed by atoms with Crippen molar-refractivity contribution in [2.24, 2.45) is 0 Å². The van der Waals surface area contributed by atoms with Gasteiger partial charge in [-0.15, -0.1) is 0 Å². The minimum atomic E-state index is -0.679. The fraction of sp³-hybridized carbons (Fsp3) is 0.333. The van der Waals surface area contributed by atoms with Gasteiger partial charge in [0.15, 0.2) is 0 Å². The Hall–Kier alpha value is -1.87. The predicted molar refractivity (Wildman–Crippen MR) is 82.0 cm³/mol. The minimum Gasteiger partial charge on any atom is -0.491 e. The summed E-state index contributed by atoms with van der Waals surface area (Å²) in [6, 6.07) is 12.1. The van der Waals surface area contributed by atoms with Crippen molar-refractivity contribution in [1.29, 1.82) is 0 Å². The van der Waals surface area contributed by atoms with Crippen LogP contribution in [0.1, 0.15) is 36.6 Å². The fourth-order valence-corrected chi connectivity index (χ4v) is 2.25. The van der Waals surface area contributed by atoms with Gasteiger partial charge in [0.05, 0.1) is 12.2 Å². The fourth-order valence-electron chi connectivity index (χ4n) is 2.25. The smallest absolute Gasteiger partial charge is 0.123 e. The van der Waals surface area contributed by atoms with E-state index in [-0.39, 0.29) is 11.9 Å². The number of rotatable bonds is 5. The van der Waals surface area contributed by atoms with Crippen LogP contribution in [-0.4, -0.2) is 11.2 Å². The second-order valence-electron chi connectivity index (χ2n) is 5.53. The Morgan fingerprint density at radius 2 is 1.90 bits per heavy atom. The molecule has 0 aliphatic rings. The second-order valence-corrected chi connectivity index (χ2v) is 5.53. The number of aryl methyl sites for hydroxylation is 1. The van der Waals surface area contributed by atoms with Crippen molar-refractivity contribution in [3.05, 3.63) is 65.0 Å². The summed E-state index contributed by atoms with van der Waals surface area (Å²) < 4.78 is 18.9. The van der Waals surface area contributed by atoms with Gasteiger partial charge in [0, 0.05) is 6.42 Å². The summed E-state index contributed by atoms with van der Waals surface area (Å²) >= 11 is 0. The molecule has 0 spiro atoms. The third-order valence-corrected chi connectivity index (χ3v) is 3.34. The summed E-state index contributed by atoms with van der Waals surface area (Å²) in [5.41, 5.74) is 2.57. The van der Waals surface area contributed by atoms with Crippen LogP contribution in [0.5, 0.6) is 5.75 Å². The SMILES string of the molecule is Cc1ccc(F)cc1CC(O)c1cccc(OC(C)C)c1. The molecule has 0 saturated heterocycles. The van der Waals surface area contributed by atoms with E-state index in [9.17, 15) is 9.50 Å². The van der Waals surface area contributed by atoms with Gasteiger partial charge >= 0.3 is 0 Å². The third-order valence-electron chi connectivity index (χ3n) is 3.34. The molecular formula is C18H21FO2. The Labute approximate surface area is 125 Å². The molecule has 112 valence electrons. The quantitative estimate of drug-likeness (QED) is 0.893. The van der Waals surface area contributed by atoms with Crippen LogP contribution in [0.4, 0.5) is 4.39 Å². The van der Waals surface area contributed by atoms with Crippen LogP contribution >= 0.6 is 0 Å². The molecule has 0 aliphatic heterocycles. The maximum absolute atomic E-state index is 13.3. The number of benzene rings is 2. The summed E-state index contributed by atoms with van der Waals surface area (Å²) in [4.78, 5) is 0. The average Bonchev–Trinajstić information content (AvgIpc) is 2.42. The zero-order valence-electron chi connectivity index (χ0n) is 12.6. The van der Waals surface area contributed by atoms with Crippen molar-refractivity contribution in [2.75, 3.05) is 0 Å². The molecule has 0 radical (unpaired) electrons. The largest absolute Gasteiger partial charge is 0.491 e. The van der Waals surface area contributed by atoms with Gasteiger partial charge in [-0.1, -0.05) is 18.2 Å². The molecule has 1 N–H and O–H groups in total. The van der Waals surface area contributed by atoms with E-state index in [0.717, 1.165) is 22.4 Å². The van der Waals surface area contributed by atoms with E-state index in [1.54, 1.807) is 6.07 Å². The van der Waals surface area contributed by atoms with E-state index in [0.29, 0.717) is 6.42 Å². The molecule has 0 fully saturated rings. The Morgan fingerprint density at radius 1 is 1.14 bits per heavy atom. The summed E-state index contributed by atoms with van der Waals surface area (Å²) in [6.07, 6.45) is -0.210. The molecule has 1 atom stereocenters. The summed E-state index contributed by atoms with van der Waals surface area (Å²) in [7, 11) is 0. The number of hydrogen-bond donors (Lipinski definition) is 1. The maximum Gasteiger partial charge on any atom is 0.123 e. The monoisotopic (exact) mass is 288 g/mol. The molecule has 2 aromatic rings. The molecule has 0 heterocycles. The third kappa shape index (κ3) is 4.30. The molecule has 2 rings (SSSR count). The zero-order valence-corrected chi connectivity index (χ0v) is 12.6. The molecule has 0 saturated carbocycles. The highest BCUT2D eigenvalue weighted by atomic mass is 19.1. The predicted octanol–water partition coefficient (Wildman–Crippen LogP) is 4.20.